The van der Waals surface area contributed by atoms with Crippen molar-refractivity contribution in [2.24, 2.45) is 0 Å². The van der Waals surface area contributed by atoms with Crippen molar-refractivity contribution in [1.29, 1.82) is 0 Å². The van der Waals surface area contributed by atoms with Gasteiger partial charge >= 0.3 is 0 Å². The van der Waals surface area contributed by atoms with Crippen LogP contribution in [0.5, 0.6) is 5.88 Å². The first-order valence-electron chi connectivity index (χ1n) is 10.5. The average molecular weight is 467 g/mol. The number of hydrogen-bond donors (Lipinski definition) is 0. The zero-order valence-electron chi connectivity index (χ0n) is 18.0. The van der Waals surface area contributed by atoms with Gasteiger partial charge in [-0.25, -0.2) is 13.1 Å². The Morgan fingerprint density at radius 1 is 1.35 bits per heavy atom. The van der Waals surface area contributed by atoms with Crippen LogP contribution in [0.25, 0.3) is 0 Å². The fraction of sp³-hybridized carbons (Fsp3) is 0.545. The number of methoxy groups -OCH3 is 1. The van der Waals surface area contributed by atoms with E-state index in [-0.39, 0.29) is 41.6 Å². The molecule has 1 aliphatic heterocycles. The number of ether oxygens (including phenoxy) is 2. The van der Waals surface area contributed by atoms with Crippen molar-refractivity contribution >= 4 is 27.2 Å². The number of Topliss-reactive ketones (excluding diaryl/α,β-unsaturated/α-hetero) is 1. The molecule has 168 valence electrons. The summed E-state index contributed by atoms with van der Waals surface area (Å²) in [5, 5.41) is 4.86. The molecule has 0 bridgehead atoms. The monoisotopic (exact) mass is 466 g/mol. The average Bonchev–Trinajstić information content (AvgIpc) is 3.36. The molecule has 0 radical (unpaired) electrons. The van der Waals surface area contributed by atoms with E-state index in [2.05, 4.69) is 18.9 Å². The lowest BCUT2D eigenvalue weighted by molar-refractivity contribution is -0.116. The van der Waals surface area contributed by atoms with Crippen LogP contribution in [-0.4, -0.2) is 49.6 Å². The molecular weight excluding hydrogens is 440 g/mol. The first-order valence-corrected chi connectivity index (χ1v) is 12.5. The Morgan fingerprint density at radius 2 is 2.10 bits per heavy atom. The molecule has 1 aliphatic carbocycles. The Hall–Kier alpha value is -1.90. The molecule has 1 atom stereocenters. The summed E-state index contributed by atoms with van der Waals surface area (Å²) in [7, 11) is -2.31. The van der Waals surface area contributed by atoms with Crippen LogP contribution in [0.1, 0.15) is 48.4 Å². The molecule has 1 aromatic carbocycles. The minimum absolute atomic E-state index is 0.0409. The van der Waals surface area contributed by atoms with Crippen LogP contribution in [0.15, 0.2) is 17.2 Å². The van der Waals surface area contributed by atoms with Gasteiger partial charge in [-0.2, -0.15) is 5.10 Å². The second kappa shape index (κ2) is 8.56. The Labute approximate surface area is 187 Å². The molecule has 0 saturated heterocycles. The van der Waals surface area contributed by atoms with Gasteiger partial charge in [0.05, 0.1) is 12.7 Å². The molecule has 31 heavy (non-hydrogen) atoms. The minimum Gasteiger partial charge on any atom is -0.474 e. The number of rotatable bonds is 7. The highest BCUT2D eigenvalue weighted by Gasteiger charge is 2.32. The number of sulfone groups is 1. The largest absolute Gasteiger partial charge is 0.474 e. The lowest BCUT2D eigenvalue weighted by atomic mass is 9.88. The smallest absolute Gasteiger partial charge is 0.231 e. The van der Waals surface area contributed by atoms with Gasteiger partial charge in [-0.05, 0) is 53.5 Å². The number of fused-ring (bicyclic) bond motifs is 2. The number of aromatic nitrogens is 2. The standard InChI is InChI=1S/C22H27ClN2O5S/c1-13(2)18-8-20(23)17-6-4-5-16(17)19(18)7-14(26)12-31(27,28)21-9-24-25-10-15(29-3)11-30-22(21)25/h8-9,13,15H,4-7,10-12H2,1-3H3. The maximum atomic E-state index is 13.0. The molecule has 0 spiro atoms. The van der Waals surface area contributed by atoms with E-state index in [1.165, 1.54) is 10.9 Å². The molecule has 2 heterocycles. The van der Waals surface area contributed by atoms with E-state index < -0.39 is 15.6 Å². The third-order valence-corrected chi connectivity index (χ3v) is 8.05. The Balaban J connectivity index is 1.58. The van der Waals surface area contributed by atoms with E-state index in [0.29, 0.717) is 6.54 Å². The second-order valence-corrected chi connectivity index (χ2v) is 10.9. The SMILES string of the molecule is COC1COc2c(S(=O)(=O)CC(=O)Cc3c(C(C)C)cc(Cl)c4c3CCC4)cnn2C1. The van der Waals surface area contributed by atoms with Crippen molar-refractivity contribution in [2.45, 2.75) is 63.0 Å². The van der Waals surface area contributed by atoms with Gasteiger partial charge in [0, 0.05) is 18.6 Å². The zero-order valence-corrected chi connectivity index (χ0v) is 19.6. The van der Waals surface area contributed by atoms with Crippen molar-refractivity contribution in [1.82, 2.24) is 9.78 Å². The molecule has 2 aliphatic rings. The second-order valence-electron chi connectivity index (χ2n) is 8.53. The van der Waals surface area contributed by atoms with Crippen LogP contribution in [0.3, 0.4) is 0 Å². The number of hydrogen-bond acceptors (Lipinski definition) is 6. The van der Waals surface area contributed by atoms with E-state index in [1.807, 2.05) is 6.07 Å². The molecule has 1 unspecified atom stereocenters. The topological polar surface area (TPSA) is 87.5 Å². The summed E-state index contributed by atoms with van der Waals surface area (Å²) in [5.74, 6) is -0.564. The number of halogens is 1. The summed E-state index contributed by atoms with van der Waals surface area (Å²) >= 11 is 6.48. The van der Waals surface area contributed by atoms with E-state index >= 15 is 0 Å². The fourth-order valence-electron chi connectivity index (χ4n) is 4.49. The van der Waals surface area contributed by atoms with E-state index in [0.717, 1.165) is 46.5 Å². The van der Waals surface area contributed by atoms with Crippen LogP contribution in [0.2, 0.25) is 5.02 Å². The van der Waals surface area contributed by atoms with Crippen LogP contribution >= 0.6 is 11.6 Å². The molecule has 0 fully saturated rings. The van der Waals surface area contributed by atoms with Gasteiger partial charge in [0.15, 0.2) is 15.6 Å². The van der Waals surface area contributed by atoms with Gasteiger partial charge in [0.1, 0.15) is 23.4 Å². The lowest BCUT2D eigenvalue weighted by Gasteiger charge is -2.23. The Bertz CT molecular complexity index is 1120. The fourth-order valence-corrected chi connectivity index (χ4v) is 6.14. The highest BCUT2D eigenvalue weighted by atomic mass is 35.5. The van der Waals surface area contributed by atoms with Crippen LogP contribution in [0, 0.1) is 0 Å². The number of ketones is 1. The van der Waals surface area contributed by atoms with Gasteiger partial charge in [-0.15, -0.1) is 0 Å². The van der Waals surface area contributed by atoms with E-state index in [1.54, 1.807) is 7.11 Å². The summed E-state index contributed by atoms with van der Waals surface area (Å²) in [6.45, 7) is 4.76. The molecule has 0 N–H and O–H groups in total. The molecule has 4 rings (SSSR count). The minimum atomic E-state index is -3.88. The molecule has 9 heteroatoms. The van der Waals surface area contributed by atoms with Crippen LogP contribution in [-0.2, 0) is 45.2 Å². The first-order chi connectivity index (χ1) is 14.7. The third kappa shape index (κ3) is 4.25. The predicted octanol–water partition coefficient (Wildman–Crippen LogP) is 3.14. The number of carbonyl (C=O) groups is 1. The van der Waals surface area contributed by atoms with Crippen molar-refractivity contribution < 1.29 is 22.7 Å². The van der Waals surface area contributed by atoms with Crippen molar-refractivity contribution in [3.8, 4) is 5.88 Å². The normalized spacial score (nSPS) is 18.0. The van der Waals surface area contributed by atoms with Crippen molar-refractivity contribution in [3.05, 3.63) is 39.5 Å². The molecule has 0 saturated carbocycles. The summed E-state index contributed by atoms with van der Waals surface area (Å²) in [5.41, 5.74) is 4.19. The lowest BCUT2D eigenvalue weighted by Crippen LogP contribution is -2.32. The van der Waals surface area contributed by atoms with Gasteiger partial charge in [0.25, 0.3) is 0 Å². The van der Waals surface area contributed by atoms with Gasteiger partial charge in [-0.1, -0.05) is 25.4 Å². The number of nitrogens with zero attached hydrogens (tertiary/aromatic N) is 2. The van der Waals surface area contributed by atoms with Crippen molar-refractivity contribution in [3.63, 3.8) is 0 Å². The molecular formula is C22H27ClN2O5S. The van der Waals surface area contributed by atoms with Gasteiger partial charge in [0.2, 0.25) is 5.88 Å². The molecule has 0 amide bonds. The summed E-state index contributed by atoms with van der Waals surface area (Å²) < 4.78 is 38.3. The highest BCUT2D eigenvalue weighted by molar-refractivity contribution is 7.92. The molecule has 2 aromatic rings. The summed E-state index contributed by atoms with van der Waals surface area (Å²) in [4.78, 5) is 12.9. The Morgan fingerprint density at radius 3 is 2.81 bits per heavy atom. The molecule has 7 nitrogen and oxygen atoms in total. The summed E-state index contributed by atoms with van der Waals surface area (Å²) in [6.07, 6.45) is 3.92. The van der Waals surface area contributed by atoms with Crippen molar-refractivity contribution in [2.75, 3.05) is 19.5 Å². The van der Waals surface area contributed by atoms with Crippen LogP contribution in [0.4, 0.5) is 0 Å². The van der Waals surface area contributed by atoms with Gasteiger partial charge < -0.3 is 9.47 Å². The first kappa shape index (κ1) is 22.3. The maximum absolute atomic E-state index is 13.0. The quantitative estimate of drug-likeness (QED) is 0.623. The predicted molar refractivity (Wildman–Crippen MR) is 117 cm³/mol. The zero-order chi connectivity index (χ0) is 22.3. The third-order valence-electron chi connectivity index (χ3n) is 6.06. The van der Waals surface area contributed by atoms with Gasteiger partial charge in [-0.3, -0.25) is 4.79 Å². The number of carbonyl (C=O) groups excluding carboxylic acids is 1. The Kier molecular flexibility index (Phi) is 6.16. The summed E-state index contributed by atoms with van der Waals surface area (Å²) in [6, 6.07) is 1.95. The highest BCUT2D eigenvalue weighted by Crippen LogP contribution is 2.37. The molecule has 1 aromatic heterocycles. The van der Waals surface area contributed by atoms with E-state index in [4.69, 9.17) is 21.1 Å². The maximum Gasteiger partial charge on any atom is 0.231 e. The van der Waals surface area contributed by atoms with Crippen LogP contribution < -0.4 is 4.74 Å². The van der Waals surface area contributed by atoms with E-state index in [9.17, 15) is 13.2 Å². The number of benzene rings is 1.